The third-order valence-electron chi connectivity index (χ3n) is 3.31. The lowest BCUT2D eigenvalue weighted by atomic mass is 10.1. The lowest BCUT2D eigenvalue weighted by Gasteiger charge is -2.08. The van der Waals surface area contributed by atoms with E-state index < -0.39 is 5.82 Å². The summed E-state index contributed by atoms with van der Waals surface area (Å²) in [6, 6.07) is 20.3. The summed E-state index contributed by atoms with van der Waals surface area (Å²) in [5.41, 5.74) is 0.414. The summed E-state index contributed by atoms with van der Waals surface area (Å²) in [6.45, 7) is 0.0969. The molecule has 0 aliphatic carbocycles. The van der Waals surface area contributed by atoms with Gasteiger partial charge >= 0.3 is 0 Å². The second-order valence-electron chi connectivity index (χ2n) is 4.69. The van der Waals surface area contributed by atoms with Gasteiger partial charge in [0.2, 0.25) is 0 Å². The quantitative estimate of drug-likeness (QED) is 0.709. The summed E-state index contributed by atoms with van der Waals surface area (Å²) >= 11 is 0. The van der Waals surface area contributed by atoms with Crippen LogP contribution in [0.1, 0.15) is 11.1 Å². The molecular weight excluding hydrogens is 265 g/mol. The number of hydrogen-bond donors (Lipinski definition) is 0. The smallest absolute Gasteiger partial charge is 0.147 e. The van der Waals surface area contributed by atoms with Gasteiger partial charge in [-0.05, 0) is 29.0 Å². The first-order valence-electron chi connectivity index (χ1n) is 6.57. The maximum Gasteiger partial charge on any atom is 0.147 e. The van der Waals surface area contributed by atoms with Crippen LogP contribution in [0.5, 0.6) is 5.75 Å². The van der Waals surface area contributed by atoms with Gasteiger partial charge in [0.25, 0.3) is 0 Å². The van der Waals surface area contributed by atoms with Crippen molar-refractivity contribution in [1.29, 1.82) is 5.26 Å². The SMILES string of the molecule is N#Cc1cccc(COc2ccc3ccccc3c2)c1F. The number of halogens is 1. The van der Waals surface area contributed by atoms with Crippen LogP contribution in [0.4, 0.5) is 4.39 Å². The van der Waals surface area contributed by atoms with Crippen molar-refractivity contribution in [2.24, 2.45) is 0 Å². The highest BCUT2D eigenvalue weighted by Gasteiger charge is 2.08. The molecule has 0 aliphatic heterocycles. The standard InChI is InChI=1S/C18H12FNO/c19-18-15(11-20)6-3-7-16(18)12-21-17-9-8-13-4-1-2-5-14(13)10-17/h1-10H,12H2. The Morgan fingerprint density at radius 2 is 1.76 bits per heavy atom. The zero-order valence-corrected chi connectivity index (χ0v) is 11.2. The Balaban J connectivity index is 1.82. The van der Waals surface area contributed by atoms with Gasteiger partial charge in [0.1, 0.15) is 24.2 Å². The van der Waals surface area contributed by atoms with Gasteiger partial charge in [-0.1, -0.05) is 42.5 Å². The Morgan fingerprint density at radius 1 is 0.952 bits per heavy atom. The van der Waals surface area contributed by atoms with E-state index in [1.165, 1.54) is 6.07 Å². The molecule has 0 fully saturated rings. The van der Waals surface area contributed by atoms with E-state index in [9.17, 15) is 4.39 Å². The van der Waals surface area contributed by atoms with Crippen molar-refractivity contribution in [3.63, 3.8) is 0 Å². The molecule has 0 radical (unpaired) electrons. The predicted molar refractivity (Wildman–Crippen MR) is 79.4 cm³/mol. The lowest BCUT2D eigenvalue weighted by Crippen LogP contribution is -2.00. The minimum atomic E-state index is -0.513. The molecule has 21 heavy (non-hydrogen) atoms. The van der Waals surface area contributed by atoms with Crippen LogP contribution in [-0.4, -0.2) is 0 Å². The first kappa shape index (κ1) is 13.1. The Kier molecular flexibility index (Phi) is 3.53. The molecule has 0 N–H and O–H groups in total. The zero-order chi connectivity index (χ0) is 14.7. The van der Waals surface area contributed by atoms with Gasteiger partial charge in [0.15, 0.2) is 0 Å². The van der Waals surface area contributed by atoms with Gasteiger partial charge < -0.3 is 4.74 Å². The van der Waals surface area contributed by atoms with Gasteiger partial charge in [-0.25, -0.2) is 4.39 Å². The Hall–Kier alpha value is -2.86. The molecule has 0 aliphatic rings. The van der Waals surface area contributed by atoms with Gasteiger partial charge in [-0.15, -0.1) is 0 Å². The molecule has 0 heterocycles. The van der Waals surface area contributed by atoms with E-state index in [0.717, 1.165) is 10.8 Å². The van der Waals surface area contributed by atoms with E-state index in [0.29, 0.717) is 11.3 Å². The number of nitriles is 1. The average molecular weight is 277 g/mol. The maximum atomic E-state index is 13.9. The van der Waals surface area contributed by atoms with Crippen LogP contribution in [0.15, 0.2) is 60.7 Å². The monoisotopic (exact) mass is 277 g/mol. The van der Waals surface area contributed by atoms with E-state index in [1.54, 1.807) is 12.1 Å². The summed E-state index contributed by atoms with van der Waals surface area (Å²) in [7, 11) is 0. The topological polar surface area (TPSA) is 33.0 Å². The number of rotatable bonds is 3. The van der Waals surface area contributed by atoms with Crippen molar-refractivity contribution in [1.82, 2.24) is 0 Å². The molecule has 0 atom stereocenters. The predicted octanol–water partition coefficient (Wildman–Crippen LogP) is 4.43. The van der Waals surface area contributed by atoms with E-state index in [4.69, 9.17) is 10.00 Å². The number of hydrogen-bond acceptors (Lipinski definition) is 2. The highest BCUT2D eigenvalue weighted by molar-refractivity contribution is 5.83. The Labute approximate surface area is 122 Å². The maximum absolute atomic E-state index is 13.9. The van der Waals surface area contributed by atoms with Crippen LogP contribution in [-0.2, 0) is 6.61 Å². The average Bonchev–Trinajstić information content (AvgIpc) is 2.54. The number of fused-ring (bicyclic) bond motifs is 1. The Bertz CT molecular complexity index is 836. The minimum absolute atomic E-state index is 0.0367. The molecule has 3 aromatic carbocycles. The fourth-order valence-corrected chi connectivity index (χ4v) is 2.20. The van der Waals surface area contributed by atoms with Crippen LogP contribution in [0.3, 0.4) is 0 Å². The normalized spacial score (nSPS) is 10.3. The van der Waals surface area contributed by atoms with E-state index in [-0.39, 0.29) is 12.2 Å². The lowest BCUT2D eigenvalue weighted by molar-refractivity contribution is 0.300. The molecule has 3 rings (SSSR count). The van der Waals surface area contributed by atoms with Crippen molar-refractivity contribution in [3.8, 4) is 11.8 Å². The van der Waals surface area contributed by atoms with Gasteiger partial charge in [0.05, 0.1) is 5.56 Å². The molecule has 102 valence electrons. The van der Waals surface area contributed by atoms with E-state index in [2.05, 4.69) is 0 Å². The van der Waals surface area contributed by atoms with Crippen molar-refractivity contribution in [3.05, 3.63) is 77.6 Å². The van der Waals surface area contributed by atoms with Gasteiger partial charge in [-0.2, -0.15) is 5.26 Å². The molecule has 0 bridgehead atoms. The third kappa shape index (κ3) is 2.70. The highest BCUT2D eigenvalue weighted by Crippen LogP contribution is 2.22. The molecule has 0 amide bonds. The molecule has 3 aromatic rings. The highest BCUT2D eigenvalue weighted by atomic mass is 19.1. The van der Waals surface area contributed by atoms with Crippen LogP contribution in [0.2, 0.25) is 0 Å². The van der Waals surface area contributed by atoms with Crippen LogP contribution < -0.4 is 4.74 Å². The fourth-order valence-electron chi connectivity index (χ4n) is 2.20. The number of nitrogens with zero attached hydrogens (tertiary/aromatic N) is 1. The van der Waals surface area contributed by atoms with Crippen LogP contribution in [0, 0.1) is 17.1 Å². The molecule has 3 heteroatoms. The molecule has 0 unspecified atom stereocenters. The summed E-state index contributed by atoms with van der Waals surface area (Å²) in [6.07, 6.45) is 0. The second-order valence-corrected chi connectivity index (χ2v) is 4.69. The van der Waals surface area contributed by atoms with Crippen LogP contribution in [0.25, 0.3) is 10.8 Å². The Morgan fingerprint density at radius 3 is 2.57 bits per heavy atom. The van der Waals surface area contributed by atoms with Crippen molar-refractivity contribution < 1.29 is 9.13 Å². The zero-order valence-electron chi connectivity index (χ0n) is 11.2. The summed E-state index contributed by atoms with van der Waals surface area (Å²) in [5.74, 6) is 0.163. The summed E-state index contributed by atoms with van der Waals surface area (Å²) in [4.78, 5) is 0. The van der Waals surface area contributed by atoms with Crippen molar-refractivity contribution in [2.75, 3.05) is 0 Å². The molecule has 2 nitrogen and oxygen atoms in total. The fraction of sp³-hybridized carbons (Fsp3) is 0.0556. The summed E-state index contributed by atoms with van der Waals surface area (Å²) < 4.78 is 19.6. The first-order chi connectivity index (χ1) is 10.3. The van der Waals surface area contributed by atoms with E-state index in [1.807, 2.05) is 48.5 Å². The third-order valence-corrected chi connectivity index (χ3v) is 3.31. The number of benzene rings is 3. The first-order valence-corrected chi connectivity index (χ1v) is 6.57. The molecule has 0 saturated carbocycles. The van der Waals surface area contributed by atoms with Crippen molar-refractivity contribution in [2.45, 2.75) is 6.61 Å². The second kappa shape index (κ2) is 5.64. The molecule has 0 saturated heterocycles. The summed E-state index contributed by atoms with van der Waals surface area (Å²) in [5, 5.41) is 11.0. The van der Waals surface area contributed by atoms with Gasteiger partial charge in [-0.3, -0.25) is 0 Å². The van der Waals surface area contributed by atoms with Gasteiger partial charge in [0, 0.05) is 5.56 Å². The molecule has 0 spiro atoms. The van der Waals surface area contributed by atoms with Crippen LogP contribution >= 0.6 is 0 Å². The molecular formula is C18H12FNO. The molecule has 0 aromatic heterocycles. The number of ether oxygens (including phenoxy) is 1. The minimum Gasteiger partial charge on any atom is -0.489 e. The largest absolute Gasteiger partial charge is 0.489 e. The van der Waals surface area contributed by atoms with Crippen molar-refractivity contribution >= 4 is 10.8 Å². The van der Waals surface area contributed by atoms with E-state index >= 15 is 0 Å².